The molecular formula is C76H124O6. The van der Waals surface area contributed by atoms with Gasteiger partial charge in [0.1, 0.15) is 13.2 Å². The number of carbonyl (C=O) groups is 3. The van der Waals surface area contributed by atoms with Crippen molar-refractivity contribution in [3.8, 4) is 0 Å². The van der Waals surface area contributed by atoms with E-state index in [-0.39, 0.29) is 31.1 Å². The van der Waals surface area contributed by atoms with Crippen LogP contribution in [0.4, 0.5) is 0 Å². The van der Waals surface area contributed by atoms with E-state index in [1.54, 1.807) is 0 Å². The molecule has 1 unspecified atom stereocenters. The van der Waals surface area contributed by atoms with Crippen LogP contribution in [0.3, 0.4) is 0 Å². The number of allylic oxidation sites excluding steroid dienone is 24. The minimum absolute atomic E-state index is 0.0863. The molecule has 0 radical (unpaired) electrons. The maximum atomic E-state index is 12.9. The third-order valence-electron chi connectivity index (χ3n) is 14.1. The summed E-state index contributed by atoms with van der Waals surface area (Å²) in [5.41, 5.74) is 0. The third-order valence-corrected chi connectivity index (χ3v) is 14.1. The van der Waals surface area contributed by atoms with Gasteiger partial charge in [-0.25, -0.2) is 0 Å². The van der Waals surface area contributed by atoms with Gasteiger partial charge in [0.15, 0.2) is 6.10 Å². The number of esters is 3. The van der Waals surface area contributed by atoms with Crippen molar-refractivity contribution in [2.24, 2.45) is 0 Å². The lowest BCUT2D eigenvalue weighted by Gasteiger charge is -2.18. The first-order chi connectivity index (χ1) is 40.5. The molecule has 0 spiro atoms. The highest BCUT2D eigenvalue weighted by Crippen LogP contribution is 2.16. The summed E-state index contributed by atoms with van der Waals surface area (Å²) in [6.45, 7) is 6.40. The highest BCUT2D eigenvalue weighted by Gasteiger charge is 2.19. The van der Waals surface area contributed by atoms with Gasteiger partial charge in [-0.2, -0.15) is 0 Å². The summed E-state index contributed by atoms with van der Waals surface area (Å²) in [5, 5.41) is 0. The lowest BCUT2D eigenvalue weighted by atomic mass is 10.0. The molecule has 0 N–H and O–H groups in total. The zero-order valence-corrected chi connectivity index (χ0v) is 53.2. The molecule has 0 saturated heterocycles. The van der Waals surface area contributed by atoms with Crippen LogP contribution in [-0.2, 0) is 28.6 Å². The Hall–Kier alpha value is -4.71. The van der Waals surface area contributed by atoms with E-state index >= 15 is 0 Å². The van der Waals surface area contributed by atoms with Gasteiger partial charge in [0, 0.05) is 19.3 Å². The van der Waals surface area contributed by atoms with Crippen LogP contribution in [0.2, 0.25) is 0 Å². The van der Waals surface area contributed by atoms with Crippen molar-refractivity contribution in [3.05, 3.63) is 146 Å². The molecule has 0 aromatic carbocycles. The van der Waals surface area contributed by atoms with Gasteiger partial charge >= 0.3 is 17.9 Å². The highest BCUT2D eigenvalue weighted by atomic mass is 16.6. The van der Waals surface area contributed by atoms with Crippen LogP contribution in [-0.4, -0.2) is 37.2 Å². The van der Waals surface area contributed by atoms with E-state index in [0.717, 1.165) is 148 Å². The van der Waals surface area contributed by atoms with Gasteiger partial charge in [0.25, 0.3) is 0 Å². The topological polar surface area (TPSA) is 78.9 Å². The molecule has 0 heterocycles. The second-order valence-corrected chi connectivity index (χ2v) is 22.0. The summed E-state index contributed by atoms with van der Waals surface area (Å²) < 4.78 is 16.9. The van der Waals surface area contributed by atoms with E-state index < -0.39 is 6.10 Å². The van der Waals surface area contributed by atoms with Gasteiger partial charge < -0.3 is 14.2 Å². The fraction of sp³-hybridized carbons (Fsp3) is 0.645. The average Bonchev–Trinajstić information content (AvgIpc) is 3.47. The number of rotatable bonds is 60. The molecule has 0 aliphatic rings. The van der Waals surface area contributed by atoms with Crippen molar-refractivity contribution < 1.29 is 28.6 Å². The average molecular weight is 1130 g/mol. The highest BCUT2D eigenvalue weighted by molar-refractivity contribution is 5.71. The van der Waals surface area contributed by atoms with Crippen LogP contribution in [0.15, 0.2) is 146 Å². The number of carbonyl (C=O) groups excluding carboxylic acids is 3. The second-order valence-electron chi connectivity index (χ2n) is 22.0. The Balaban J connectivity index is 4.29. The van der Waals surface area contributed by atoms with Crippen molar-refractivity contribution in [3.63, 3.8) is 0 Å². The molecule has 6 nitrogen and oxygen atoms in total. The van der Waals surface area contributed by atoms with Crippen LogP contribution in [0.25, 0.3) is 0 Å². The molecule has 0 saturated carbocycles. The molecule has 6 heteroatoms. The molecule has 0 rings (SSSR count). The van der Waals surface area contributed by atoms with Crippen molar-refractivity contribution in [1.29, 1.82) is 0 Å². The van der Waals surface area contributed by atoms with E-state index in [1.165, 1.54) is 109 Å². The summed E-state index contributed by atoms with van der Waals surface area (Å²) >= 11 is 0. The lowest BCUT2D eigenvalue weighted by Crippen LogP contribution is -2.30. The molecule has 0 aliphatic carbocycles. The summed E-state index contributed by atoms with van der Waals surface area (Å²) in [5.74, 6) is -0.904. The summed E-state index contributed by atoms with van der Waals surface area (Å²) in [6, 6.07) is 0. The van der Waals surface area contributed by atoms with Gasteiger partial charge in [-0.15, -0.1) is 0 Å². The van der Waals surface area contributed by atoms with Crippen LogP contribution < -0.4 is 0 Å². The van der Waals surface area contributed by atoms with Crippen molar-refractivity contribution >= 4 is 17.9 Å². The summed E-state index contributed by atoms with van der Waals surface area (Å²) in [6.07, 6.45) is 98.6. The lowest BCUT2D eigenvalue weighted by molar-refractivity contribution is -0.167. The van der Waals surface area contributed by atoms with Gasteiger partial charge in [-0.1, -0.05) is 301 Å². The first-order valence-corrected chi connectivity index (χ1v) is 33.8. The molecule has 0 bridgehead atoms. The van der Waals surface area contributed by atoms with Gasteiger partial charge in [-0.05, 0) is 122 Å². The fourth-order valence-corrected chi connectivity index (χ4v) is 9.10. The molecule has 1 atom stereocenters. The maximum Gasteiger partial charge on any atom is 0.306 e. The number of ether oxygens (including phenoxy) is 3. The molecule has 0 amide bonds. The first kappa shape index (κ1) is 77.3. The minimum Gasteiger partial charge on any atom is -0.462 e. The Kier molecular flexibility index (Phi) is 64.8. The predicted octanol–water partition coefficient (Wildman–Crippen LogP) is 23.5. The zero-order chi connectivity index (χ0) is 59.2. The maximum absolute atomic E-state index is 12.9. The first-order valence-electron chi connectivity index (χ1n) is 33.8. The Morgan fingerprint density at radius 3 is 0.744 bits per heavy atom. The molecule has 0 fully saturated rings. The Bertz CT molecular complexity index is 1780. The minimum atomic E-state index is -0.791. The smallest absolute Gasteiger partial charge is 0.306 e. The monoisotopic (exact) mass is 1130 g/mol. The van der Waals surface area contributed by atoms with E-state index in [1.807, 2.05) is 0 Å². The Morgan fingerprint density at radius 2 is 0.476 bits per heavy atom. The second kappa shape index (κ2) is 68.8. The zero-order valence-electron chi connectivity index (χ0n) is 53.2. The molecular weight excluding hydrogens is 1010 g/mol. The molecule has 0 aliphatic heterocycles. The van der Waals surface area contributed by atoms with Gasteiger partial charge in [0.2, 0.25) is 0 Å². The van der Waals surface area contributed by atoms with E-state index in [4.69, 9.17) is 14.2 Å². The molecule has 0 aromatic rings. The van der Waals surface area contributed by atoms with E-state index in [0.29, 0.717) is 19.3 Å². The summed E-state index contributed by atoms with van der Waals surface area (Å²) in [7, 11) is 0. The number of hydrogen-bond donors (Lipinski definition) is 0. The van der Waals surface area contributed by atoms with E-state index in [9.17, 15) is 14.4 Å². The quantitative estimate of drug-likeness (QED) is 0.0261. The number of hydrogen-bond acceptors (Lipinski definition) is 6. The Labute approximate surface area is 506 Å². The SMILES string of the molecule is CC/C=C\C/C=C\C/C=C\C/C=C\C/C=C\C/C=C\C/C=C\C/C=C\CCCCCCCCC(=O)OCC(COC(=O)CCCCCCCCCCCC)OC(=O)CCCCCCCCCCCC/C=C\C/C=C\C/C=C\C/C=C\CC. The standard InChI is InChI=1S/C76H124O6/c1-4-7-10-13-16-19-22-24-26-28-30-32-34-35-36-37-38-39-40-41-43-44-46-48-50-52-54-57-60-63-66-69-75(78)81-72-73(71-80-74(77)68-65-62-59-56-21-18-15-12-9-6-3)82-76(79)70-67-64-61-58-55-53-51-49-47-45-42-33-31-29-27-25-23-20-17-14-11-8-5-2/h7-8,10-11,16-17,19-20,24-27,30-33,35-36,38-39,41,43,46,48,73H,4-6,9,12-15,18,21-23,28-29,34,37,40,42,44-45,47,49-72H2,1-3H3/b10-7-,11-8-,19-16-,20-17-,26-24-,27-25-,32-30-,33-31-,36-35-,39-38-,43-41-,48-46-. The van der Waals surface area contributed by atoms with Crippen molar-refractivity contribution in [1.82, 2.24) is 0 Å². The van der Waals surface area contributed by atoms with Crippen molar-refractivity contribution in [2.45, 2.75) is 303 Å². The molecule has 0 aromatic heterocycles. The largest absolute Gasteiger partial charge is 0.462 e. The third kappa shape index (κ3) is 66.1. The van der Waals surface area contributed by atoms with Crippen LogP contribution in [0.5, 0.6) is 0 Å². The normalized spacial score (nSPS) is 13.1. The van der Waals surface area contributed by atoms with Crippen LogP contribution in [0, 0.1) is 0 Å². The predicted molar refractivity (Wildman–Crippen MR) is 357 cm³/mol. The van der Waals surface area contributed by atoms with Crippen LogP contribution >= 0.6 is 0 Å². The van der Waals surface area contributed by atoms with Crippen LogP contribution in [0.1, 0.15) is 297 Å². The van der Waals surface area contributed by atoms with Crippen molar-refractivity contribution in [2.75, 3.05) is 13.2 Å². The van der Waals surface area contributed by atoms with Gasteiger partial charge in [-0.3, -0.25) is 14.4 Å². The van der Waals surface area contributed by atoms with E-state index in [2.05, 4.69) is 167 Å². The number of unbranched alkanes of at least 4 members (excludes halogenated alkanes) is 25. The Morgan fingerprint density at radius 1 is 0.256 bits per heavy atom. The van der Waals surface area contributed by atoms with Gasteiger partial charge in [0.05, 0.1) is 0 Å². The molecule has 82 heavy (non-hydrogen) atoms. The fourth-order valence-electron chi connectivity index (χ4n) is 9.10. The molecule has 464 valence electrons. The summed E-state index contributed by atoms with van der Waals surface area (Å²) in [4.78, 5) is 38.3.